The molecule has 26 heavy (non-hydrogen) atoms. The number of hydrogen-bond acceptors (Lipinski definition) is 3. The van der Waals surface area contributed by atoms with Gasteiger partial charge in [-0.2, -0.15) is 5.10 Å². The molecule has 1 amide bonds. The van der Waals surface area contributed by atoms with Gasteiger partial charge in [0.05, 0.1) is 11.2 Å². The molecule has 1 aromatic heterocycles. The van der Waals surface area contributed by atoms with E-state index < -0.39 is 5.60 Å². The smallest absolute Gasteiger partial charge is 0.414 e. The van der Waals surface area contributed by atoms with Crippen LogP contribution in [0.4, 0.5) is 4.79 Å². The van der Waals surface area contributed by atoms with Crippen LogP contribution in [0, 0.1) is 5.92 Å². The van der Waals surface area contributed by atoms with Gasteiger partial charge in [0, 0.05) is 24.2 Å². The van der Waals surface area contributed by atoms with E-state index in [2.05, 4.69) is 44.2 Å². The third kappa shape index (κ3) is 3.92. The number of hydrogen-bond donors (Lipinski definition) is 0. The van der Waals surface area contributed by atoms with E-state index >= 15 is 0 Å². The first-order valence-electron chi connectivity index (χ1n) is 9.34. The van der Waals surface area contributed by atoms with Gasteiger partial charge in [-0.1, -0.05) is 19.1 Å². The second-order valence-electron chi connectivity index (χ2n) is 8.50. The van der Waals surface area contributed by atoms with Crippen LogP contribution in [0.25, 0.3) is 16.6 Å². The minimum absolute atomic E-state index is 0.284. The first-order valence-corrected chi connectivity index (χ1v) is 9.34. The van der Waals surface area contributed by atoms with Gasteiger partial charge in [-0.15, -0.1) is 0 Å². The van der Waals surface area contributed by atoms with Crippen LogP contribution in [-0.4, -0.2) is 32.9 Å². The van der Waals surface area contributed by atoms with Crippen molar-refractivity contribution in [3.8, 4) is 0 Å². The number of carbonyl (C=O) groups excluding carboxylic acids is 1. The number of amides is 1. The molecule has 140 valence electrons. The summed E-state index contributed by atoms with van der Waals surface area (Å²) in [5.41, 5.74) is 2.41. The number of benzene rings is 1. The molecular formula is C21H29N3O2. The van der Waals surface area contributed by atoms with Crippen molar-refractivity contribution in [2.24, 2.45) is 5.92 Å². The zero-order valence-electron chi connectivity index (χ0n) is 16.6. The average Bonchev–Trinajstić information content (AvgIpc) is 2.96. The summed E-state index contributed by atoms with van der Waals surface area (Å²) < 4.78 is 7.60. The summed E-state index contributed by atoms with van der Waals surface area (Å²) in [5.74, 6) is 0.415. The Balaban J connectivity index is 1.96. The summed E-state index contributed by atoms with van der Waals surface area (Å²) in [6.45, 7) is 12.7. The molecule has 1 aliphatic heterocycles. The van der Waals surface area contributed by atoms with E-state index in [9.17, 15) is 4.79 Å². The van der Waals surface area contributed by atoms with Crippen molar-refractivity contribution in [2.75, 3.05) is 6.54 Å². The Labute approximate surface area is 155 Å². The lowest BCUT2D eigenvalue weighted by Gasteiger charge is -2.33. The Morgan fingerprint density at radius 1 is 1.31 bits per heavy atom. The molecule has 1 aliphatic rings. The molecule has 1 atom stereocenters. The van der Waals surface area contributed by atoms with E-state index in [0.717, 1.165) is 28.6 Å². The molecule has 0 fully saturated rings. The lowest BCUT2D eigenvalue weighted by molar-refractivity contribution is 0.0327. The summed E-state index contributed by atoms with van der Waals surface area (Å²) in [6.07, 6.45) is 4.88. The molecule has 3 rings (SSSR count). The van der Waals surface area contributed by atoms with E-state index in [0.29, 0.717) is 18.5 Å². The standard InChI is InChI=1S/C21H29N3O2/c1-14(2)24-13-17-11-16(8-9-18(17)22-24)19-10-7-15(3)12-23(19)20(25)26-21(4,5)6/h8-11,13-15H,7,12H2,1-6H3. The van der Waals surface area contributed by atoms with Crippen molar-refractivity contribution in [1.82, 2.24) is 14.7 Å². The Bertz CT molecular complexity index is 843. The molecule has 1 aromatic carbocycles. The first-order chi connectivity index (χ1) is 12.1. The van der Waals surface area contributed by atoms with Crippen LogP contribution < -0.4 is 0 Å². The molecule has 0 aliphatic carbocycles. The number of carbonyl (C=O) groups is 1. The quantitative estimate of drug-likeness (QED) is 0.740. The Kier molecular flexibility index (Phi) is 4.82. The minimum Gasteiger partial charge on any atom is -0.443 e. The Morgan fingerprint density at radius 3 is 2.69 bits per heavy atom. The molecule has 2 heterocycles. The van der Waals surface area contributed by atoms with E-state index in [-0.39, 0.29) is 6.09 Å². The van der Waals surface area contributed by atoms with Crippen molar-refractivity contribution in [2.45, 2.75) is 59.6 Å². The van der Waals surface area contributed by atoms with Gasteiger partial charge in [0.2, 0.25) is 0 Å². The minimum atomic E-state index is -0.509. The zero-order chi connectivity index (χ0) is 19.1. The summed E-state index contributed by atoms with van der Waals surface area (Å²) in [4.78, 5) is 14.5. The highest BCUT2D eigenvalue weighted by molar-refractivity contribution is 5.87. The van der Waals surface area contributed by atoms with E-state index in [1.165, 1.54) is 0 Å². The molecule has 2 aromatic rings. The van der Waals surface area contributed by atoms with Gasteiger partial charge in [0.1, 0.15) is 5.60 Å². The lowest BCUT2D eigenvalue weighted by atomic mass is 9.98. The number of fused-ring (bicyclic) bond motifs is 1. The maximum absolute atomic E-state index is 12.7. The normalized spacial score (nSPS) is 18.3. The fourth-order valence-electron chi connectivity index (χ4n) is 3.14. The van der Waals surface area contributed by atoms with Crippen LogP contribution in [0.2, 0.25) is 0 Å². The van der Waals surface area contributed by atoms with Crippen molar-refractivity contribution in [1.29, 1.82) is 0 Å². The molecule has 5 nitrogen and oxygen atoms in total. The summed E-state index contributed by atoms with van der Waals surface area (Å²) in [5, 5.41) is 5.69. The van der Waals surface area contributed by atoms with Crippen molar-refractivity contribution in [3.05, 3.63) is 36.0 Å². The van der Waals surface area contributed by atoms with E-state index in [1.807, 2.05) is 37.6 Å². The number of rotatable bonds is 2. The van der Waals surface area contributed by atoms with Crippen LogP contribution in [0.1, 0.15) is 59.6 Å². The van der Waals surface area contributed by atoms with Gasteiger partial charge in [0.15, 0.2) is 0 Å². The van der Waals surface area contributed by atoms with Crippen molar-refractivity contribution in [3.63, 3.8) is 0 Å². The first kappa shape index (κ1) is 18.5. The molecule has 1 unspecified atom stereocenters. The number of nitrogens with zero attached hydrogens (tertiary/aromatic N) is 3. The fraction of sp³-hybridized carbons (Fsp3) is 0.524. The van der Waals surface area contributed by atoms with Gasteiger partial charge in [-0.05, 0) is 64.7 Å². The predicted octanol–water partition coefficient (Wildman–Crippen LogP) is 5.24. The highest BCUT2D eigenvalue weighted by atomic mass is 16.6. The zero-order valence-corrected chi connectivity index (χ0v) is 16.6. The number of allylic oxidation sites excluding steroid dienone is 1. The SMILES string of the molecule is CC1CC=C(c2ccc3nn(C(C)C)cc3c2)N(C(=O)OC(C)(C)C)C1. The van der Waals surface area contributed by atoms with Crippen LogP contribution in [0.5, 0.6) is 0 Å². The highest BCUT2D eigenvalue weighted by Crippen LogP contribution is 2.31. The molecule has 0 N–H and O–H groups in total. The summed E-state index contributed by atoms with van der Waals surface area (Å²) in [6, 6.07) is 6.49. The molecule has 0 spiro atoms. The number of aromatic nitrogens is 2. The predicted molar refractivity (Wildman–Crippen MR) is 105 cm³/mol. The van der Waals surface area contributed by atoms with Gasteiger partial charge in [-0.3, -0.25) is 9.58 Å². The average molecular weight is 355 g/mol. The van der Waals surface area contributed by atoms with Gasteiger partial charge >= 0.3 is 6.09 Å². The second kappa shape index (κ2) is 6.78. The molecule has 0 saturated heterocycles. The van der Waals surface area contributed by atoms with Gasteiger partial charge in [-0.25, -0.2) is 4.79 Å². The van der Waals surface area contributed by atoms with Crippen LogP contribution in [-0.2, 0) is 4.74 Å². The molecular weight excluding hydrogens is 326 g/mol. The molecule has 5 heteroatoms. The third-order valence-electron chi connectivity index (χ3n) is 4.46. The summed E-state index contributed by atoms with van der Waals surface area (Å²) in [7, 11) is 0. The van der Waals surface area contributed by atoms with E-state index in [1.54, 1.807) is 4.90 Å². The molecule has 0 radical (unpaired) electrons. The maximum Gasteiger partial charge on any atom is 0.414 e. The fourth-order valence-corrected chi connectivity index (χ4v) is 3.14. The monoisotopic (exact) mass is 355 g/mol. The van der Waals surface area contributed by atoms with Crippen LogP contribution >= 0.6 is 0 Å². The topological polar surface area (TPSA) is 47.4 Å². The van der Waals surface area contributed by atoms with Crippen molar-refractivity contribution >= 4 is 22.7 Å². The lowest BCUT2D eigenvalue weighted by Crippen LogP contribution is -2.39. The van der Waals surface area contributed by atoms with Gasteiger partial charge in [0.25, 0.3) is 0 Å². The summed E-state index contributed by atoms with van der Waals surface area (Å²) >= 11 is 0. The molecule has 0 saturated carbocycles. The third-order valence-corrected chi connectivity index (χ3v) is 4.46. The Morgan fingerprint density at radius 2 is 2.04 bits per heavy atom. The highest BCUT2D eigenvalue weighted by Gasteiger charge is 2.29. The van der Waals surface area contributed by atoms with Gasteiger partial charge < -0.3 is 4.74 Å². The van der Waals surface area contributed by atoms with Crippen LogP contribution in [0.15, 0.2) is 30.5 Å². The Hall–Kier alpha value is -2.30. The van der Waals surface area contributed by atoms with Crippen molar-refractivity contribution < 1.29 is 9.53 Å². The van der Waals surface area contributed by atoms with Crippen LogP contribution in [0.3, 0.4) is 0 Å². The maximum atomic E-state index is 12.7. The van der Waals surface area contributed by atoms with E-state index in [4.69, 9.17) is 4.74 Å². The molecule has 0 bridgehead atoms. The number of ether oxygens (including phenoxy) is 1. The largest absolute Gasteiger partial charge is 0.443 e. The second-order valence-corrected chi connectivity index (χ2v) is 8.50.